The summed E-state index contributed by atoms with van der Waals surface area (Å²) in [5.41, 5.74) is 3.11. The van der Waals surface area contributed by atoms with E-state index < -0.39 is 0 Å². The normalized spacial score (nSPS) is 13.7. The van der Waals surface area contributed by atoms with E-state index in [-0.39, 0.29) is 0 Å². The Bertz CT molecular complexity index is 379. The van der Waals surface area contributed by atoms with Gasteiger partial charge in [-0.25, -0.2) is 0 Å². The molecule has 0 aliphatic carbocycles. The van der Waals surface area contributed by atoms with Gasteiger partial charge in [-0.15, -0.1) is 0 Å². The van der Waals surface area contributed by atoms with Crippen LogP contribution in [0.3, 0.4) is 0 Å². The number of hydrogen-bond donors (Lipinski definition) is 1. The van der Waals surface area contributed by atoms with Crippen LogP contribution in [0.2, 0.25) is 0 Å². The lowest BCUT2D eigenvalue weighted by molar-refractivity contribution is 0.333. The number of hydrogen-bond acceptors (Lipinski definition) is 1. The molecule has 102 valence electrons. The van der Waals surface area contributed by atoms with Crippen LogP contribution in [0.15, 0.2) is 22.7 Å². The highest BCUT2D eigenvalue weighted by Gasteiger charge is 2.18. The lowest BCUT2D eigenvalue weighted by Crippen LogP contribution is -2.23. The molecule has 18 heavy (non-hydrogen) atoms. The van der Waals surface area contributed by atoms with Crippen molar-refractivity contribution in [1.29, 1.82) is 0 Å². The fourth-order valence-corrected chi connectivity index (χ4v) is 2.64. The molecule has 0 aliphatic rings. The summed E-state index contributed by atoms with van der Waals surface area (Å²) >= 11 is 3.68. The van der Waals surface area contributed by atoms with Gasteiger partial charge in [-0.3, -0.25) is 0 Å². The molecule has 0 saturated carbocycles. The second-order valence-corrected chi connectivity index (χ2v) is 7.09. The van der Waals surface area contributed by atoms with Crippen molar-refractivity contribution < 1.29 is 0 Å². The zero-order chi connectivity index (χ0) is 13.8. The molecule has 1 N–H and O–H groups in total. The zero-order valence-electron chi connectivity index (χ0n) is 12.3. The molecule has 1 aromatic carbocycles. The van der Waals surface area contributed by atoms with Gasteiger partial charge in [0.2, 0.25) is 0 Å². The molecule has 0 aromatic heterocycles. The average molecular weight is 312 g/mol. The molecule has 0 spiro atoms. The highest BCUT2D eigenvalue weighted by atomic mass is 79.9. The van der Waals surface area contributed by atoms with E-state index >= 15 is 0 Å². The van der Waals surface area contributed by atoms with Crippen LogP contribution in [0.5, 0.6) is 0 Å². The Kier molecular flexibility index (Phi) is 5.87. The second kappa shape index (κ2) is 6.72. The molecular formula is C16H26BrN. The van der Waals surface area contributed by atoms with E-state index in [1.165, 1.54) is 28.4 Å². The van der Waals surface area contributed by atoms with E-state index in [4.69, 9.17) is 0 Å². The van der Waals surface area contributed by atoms with Crippen LogP contribution in [0.25, 0.3) is 0 Å². The van der Waals surface area contributed by atoms with Crippen molar-refractivity contribution in [2.24, 2.45) is 5.41 Å². The molecule has 0 aliphatic heterocycles. The maximum absolute atomic E-state index is 3.68. The van der Waals surface area contributed by atoms with Gasteiger partial charge in [0.1, 0.15) is 0 Å². The minimum absolute atomic E-state index is 0.393. The Labute approximate surface area is 120 Å². The number of halogens is 1. The van der Waals surface area contributed by atoms with Crippen molar-refractivity contribution in [2.75, 3.05) is 6.54 Å². The molecule has 0 fully saturated rings. The van der Waals surface area contributed by atoms with Crippen molar-refractivity contribution in [3.63, 3.8) is 0 Å². The highest BCUT2D eigenvalue weighted by molar-refractivity contribution is 9.10. The molecule has 0 bridgehead atoms. The van der Waals surface area contributed by atoms with E-state index in [9.17, 15) is 0 Å². The maximum atomic E-state index is 3.68. The molecule has 0 amide bonds. The molecule has 0 heterocycles. The molecule has 2 heteroatoms. The van der Waals surface area contributed by atoms with Crippen molar-refractivity contribution >= 4 is 15.9 Å². The lowest BCUT2D eigenvalue weighted by atomic mass is 9.87. The third kappa shape index (κ3) is 5.11. The smallest absolute Gasteiger partial charge is 0.0331 e. The first-order chi connectivity index (χ1) is 8.33. The summed E-state index contributed by atoms with van der Waals surface area (Å²) in [6.07, 6.45) is 2.41. The van der Waals surface area contributed by atoms with Gasteiger partial charge in [-0.1, -0.05) is 61.3 Å². The quantitative estimate of drug-likeness (QED) is 0.784. The number of rotatable bonds is 5. The van der Waals surface area contributed by atoms with Gasteiger partial charge in [0.25, 0.3) is 0 Å². The van der Waals surface area contributed by atoms with Gasteiger partial charge >= 0.3 is 0 Å². The largest absolute Gasteiger partial charge is 0.310 e. The number of benzene rings is 1. The maximum Gasteiger partial charge on any atom is 0.0331 e. The fourth-order valence-electron chi connectivity index (χ4n) is 2.12. The van der Waals surface area contributed by atoms with Crippen LogP contribution in [0, 0.1) is 12.3 Å². The summed E-state index contributed by atoms with van der Waals surface area (Å²) in [7, 11) is 0. The Hall–Kier alpha value is -0.340. The molecular weight excluding hydrogens is 286 g/mol. The summed E-state index contributed by atoms with van der Waals surface area (Å²) in [6, 6.07) is 7.05. The predicted octanol–water partition coefficient (Wildman–Crippen LogP) is 5.23. The van der Waals surface area contributed by atoms with Crippen LogP contribution in [0.1, 0.15) is 57.7 Å². The molecule has 1 aromatic rings. The summed E-state index contributed by atoms with van der Waals surface area (Å²) in [5, 5.41) is 3.61. The average Bonchev–Trinajstić information content (AvgIpc) is 2.26. The van der Waals surface area contributed by atoms with Gasteiger partial charge < -0.3 is 5.32 Å². The van der Waals surface area contributed by atoms with Gasteiger partial charge in [0.05, 0.1) is 0 Å². The van der Waals surface area contributed by atoms with Gasteiger partial charge in [-0.05, 0) is 43.4 Å². The van der Waals surface area contributed by atoms with Gasteiger partial charge in [0, 0.05) is 10.5 Å². The first-order valence-electron chi connectivity index (χ1n) is 6.83. The van der Waals surface area contributed by atoms with E-state index in [2.05, 4.69) is 74.1 Å². The molecule has 0 radical (unpaired) electrons. The van der Waals surface area contributed by atoms with Crippen molar-refractivity contribution in [1.82, 2.24) is 5.32 Å². The number of aryl methyl sites for hydroxylation is 1. The standard InChI is InChI=1S/C16H26BrN/c1-6-18-15(9-10-16(3,4)5)13-11-12(2)7-8-14(13)17/h7-8,11,15,18H,6,9-10H2,1-5H3. The fraction of sp³-hybridized carbons (Fsp3) is 0.625. The molecule has 1 atom stereocenters. The van der Waals surface area contributed by atoms with Crippen LogP contribution in [-0.4, -0.2) is 6.54 Å². The van der Waals surface area contributed by atoms with Crippen LogP contribution >= 0.6 is 15.9 Å². The summed E-state index contributed by atoms with van der Waals surface area (Å²) in [6.45, 7) is 12.3. The van der Waals surface area contributed by atoms with Crippen LogP contribution in [-0.2, 0) is 0 Å². The lowest BCUT2D eigenvalue weighted by Gasteiger charge is -2.25. The van der Waals surface area contributed by atoms with E-state index in [0.717, 1.165) is 6.54 Å². The van der Waals surface area contributed by atoms with Gasteiger partial charge in [-0.2, -0.15) is 0 Å². The first kappa shape index (κ1) is 15.7. The van der Waals surface area contributed by atoms with E-state index in [1.807, 2.05) is 0 Å². The Morgan fingerprint density at radius 1 is 1.28 bits per heavy atom. The van der Waals surface area contributed by atoms with Crippen LogP contribution in [0.4, 0.5) is 0 Å². The molecule has 0 saturated heterocycles. The molecule has 1 unspecified atom stereocenters. The van der Waals surface area contributed by atoms with E-state index in [1.54, 1.807) is 0 Å². The molecule has 1 rings (SSSR count). The predicted molar refractivity (Wildman–Crippen MR) is 84.0 cm³/mol. The van der Waals surface area contributed by atoms with Crippen molar-refractivity contribution in [3.8, 4) is 0 Å². The molecule has 1 nitrogen and oxygen atoms in total. The second-order valence-electron chi connectivity index (χ2n) is 6.23. The van der Waals surface area contributed by atoms with Gasteiger partial charge in [0.15, 0.2) is 0 Å². The Morgan fingerprint density at radius 2 is 1.94 bits per heavy atom. The Morgan fingerprint density at radius 3 is 2.50 bits per heavy atom. The monoisotopic (exact) mass is 311 g/mol. The minimum atomic E-state index is 0.393. The van der Waals surface area contributed by atoms with Crippen molar-refractivity contribution in [3.05, 3.63) is 33.8 Å². The number of nitrogens with one attached hydrogen (secondary N) is 1. The highest BCUT2D eigenvalue weighted by Crippen LogP contribution is 2.31. The first-order valence-corrected chi connectivity index (χ1v) is 7.62. The summed E-state index contributed by atoms with van der Waals surface area (Å²) in [5.74, 6) is 0. The third-order valence-electron chi connectivity index (χ3n) is 3.16. The van der Waals surface area contributed by atoms with E-state index in [0.29, 0.717) is 11.5 Å². The summed E-state index contributed by atoms with van der Waals surface area (Å²) in [4.78, 5) is 0. The third-order valence-corrected chi connectivity index (χ3v) is 3.88. The summed E-state index contributed by atoms with van der Waals surface area (Å²) < 4.78 is 1.22. The van der Waals surface area contributed by atoms with Crippen LogP contribution < -0.4 is 5.32 Å². The van der Waals surface area contributed by atoms with Crippen molar-refractivity contribution in [2.45, 2.75) is 53.5 Å². The minimum Gasteiger partial charge on any atom is -0.310 e. The Balaban J connectivity index is 2.86. The SMILES string of the molecule is CCNC(CCC(C)(C)C)c1cc(C)ccc1Br. The zero-order valence-corrected chi connectivity index (χ0v) is 13.9. The topological polar surface area (TPSA) is 12.0 Å².